The predicted octanol–water partition coefficient (Wildman–Crippen LogP) is 4.59. The number of likely N-dealkylation sites (N-methyl/N-ethyl adjacent to an activating group) is 1. The van der Waals surface area contributed by atoms with Crippen LogP contribution >= 0.6 is 11.8 Å². The molecule has 0 N–H and O–H groups in total. The lowest BCUT2D eigenvalue weighted by Gasteiger charge is -2.20. The molecule has 0 radical (unpaired) electrons. The van der Waals surface area contributed by atoms with Crippen molar-refractivity contribution < 1.29 is 9.18 Å². The Labute approximate surface area is 174 Å². The van der Waals surface area contributed by atoms with Crippen molar-refractivity contribution in [2.75, 3.05) is 18.8 Å². The van der Waals surface area contributed by atoms with E-state index in [9.17, 15) is 9.18 Å². The summed E-state index contributed by atoms with van der Waals surface area (Å²) in [6, 6.07) is 16.0. The van der Waals surface area contributed by atoms with Gasteiger partial charge in [-0.2, -0.15) is 0 Å². The van der Waals surface area contributed by atoms with Crippen molar-refractivity contribution in [2.45, 2.75) is 19.0 Å². The van der Waals surface area contributed by atoms with Crippen LogP contribution in [0.2, 0.25) is 0 Å². The molecule has 0 saturated heterocycles. The Kier molecular flexibility index (Phi) is 6.82. The Morgan fingerprint density at radius 2 is 1.83 bits per heavy atom. The first-order valence-corrected chi connectivity index (χ1v) is 10.3. The Bertz CT molecular complexity index is 1000. The van der Waals surface area contributed by atoms with Crippen molar-refractivity contribution in [1.82, 2.24) is 19.7 Å². The van der Waals surface area contributed by atoms with Crippen molar-refractivity contribution >= 4 is 17.7 Å². The minimum atomic E-state index is -0.372. The van der Waals surface area contributed by atoms with E-state index in [0.717, 1.165) is 11.3 Å². The number of aromatic nitrogens is 3. The number of rotatable bonds is 8. The highest BCUT2D eigenvalue weighted by Crippen LogP contribution is 2.29. The summed E-state index contributed by atoms with van der Waals surface area (Å²) in [4.78, 5) is 14.4. The van der Waals surface area contributed by atoms with Crippen LogP contribution in [0.4, 0.5) is 4.39 Å². The smallest absolute Gasteiger partial charge is 0.233 e. The van der Waals surface area contributed by atoms with Gasteiger partial charge in [-0.15, -0.1) is 10.2 Å². The van der Waals surface area contributed by atoms with Gasteiger partial charge in [-0.1, -0.05) is 54.2 Å². The third-order valence-corrected chi connectivity index (χ3v) is 5.20. The number of carbonyl (C=O) groups is 1. The van der Waals surface area contributed by atoms with Crippen LogP contribution in [-0.2, 0) is 4.79 Å². The van der Waals surface area contributed by atoms with Gasteiger partial charge in [0.1, 0.15) is 5.82 Å². The van der Waals surface area contributed by atoms with Gasteiger partial charge >= 0.3 is 0 Å². The summed E-state index contributed by atoms with van der Waals surface area (Å²) in [7, 11) is 0. The summed E-state index contributed by atoms with van der Waals surface area (Å²) >= 11 is 1.29. The van der Waals surface area contributed by atoms with Crippen LogP contribution in [0.15, 0.2) is 71.9 Å². The van der Waals surface area contributed by atoms with Crippen LogP contribution in [0.1, 0.15) is 13.8 Å². The molecule has 0 fully saturated rings. The molecular formula is C22H23FN4OS. The molecule has 0 bridgehead atoms. The number of hydrogen-bond donors (Lipinski definition) is 0. The third kappa shape index (κ3) is 4.92. The zero-order chi connectivity index (χ0) is 20.8. The average molecular weight is 411 g/mol. The summed E-state index contributed by atoms with van der Waals surface area (Å²) in [5.74, 6) is 0.237. The van der Waals surface area contributed by atoms with Gasteiger partial charge in [-0.25, -0.2) is 4.39 Å². The van der Waals surface area contributed by atoms with E-state index in [-0.39, 0.29) is 17.5 Å². The fourth-order valence-corrected chi connectivity index (χ4v) is 3.76. The fraction of sp³-hybridized carbons (Fsp3) is 0.227. The zero-order valence-corrected chi connectivity index (χ0v) is 17.3. The second kappa shape index (κ2) is 9.52. The molecule has 0 atom stereocenters. The molecule has 3 aromatic rings. The van der Waals surface area contributed by atoms with Gasteiger partial charge in [0.05, 0.1) is 11.3 Å². The Morgan fingerprint density at radius 1 is 1.14 bits per heavy atom. The van der Waals surface area contributed by atoms with Crippen LogP contribution in [0, 0.1) is 5.82 Å². The largest absolute Gasteiger partial charge is 0.338 e. The van der Waals surface area contributed by atoms with E-state index < -0.39 is 0 Å². The molecule has 1 aromatic heterocycles. The first-order valence-electron chi connectivity index (χ1n) is 9.32. The molecule has 7 heteroatoms. The van der Waals surface area contributed by atoms with Crippen LogP contribution in [0.3, 0.4) is 0 Å². The van der Waals surface area contributed by atoms with E-state index in [1.807, 2.05) is 44.2 Å². The van der Waals surface area contributed by atoms with Gasteiger partial charge in [0.2, 0.25) is 5.91 Å². The average Bonchev–Trinajstić information content (AvgIpc) is 3.14. The minimum absolute atomic E-state index is 0.00412. The first kappa shape index (κ1) is 20.8. The van der Waals surface area contributed by atoms with E-state index in [1.165, 1.54) is 17.8 Å². The maximum absolute atomic E-state index is 14.4. The zero-order valence-electron chi connectivity index (χ0n) is 16.5. The summed E-state index contributed by atoms with van der Waals surface area (Å²) < 4.78 is 16.2. The topological polar surface area (TPSA) is 51.0 Å². The van der Waals surface area contributed by atoms with Crippen LogP contribution in [0.5, 0.6) is 0 Å². The quantitative estimate of drug-likeness (QED) is 0.403. The van der Waals surface area contributed by atoms with E-state index in [0.29, 0.717) is 29.6 Å². The highest BCUT2D eigenvalue weighted by atomic mass is 32.2. The lowest BCUT2D eigenvalue weighted by Crippen LogP contribution is -2.33. The SMILES string of the molecule is C=C(C)CN(CC)C(=O)CSc1nnc(-c2ccccc2F)n1-c1ccccc1. The van der Waals surface area contributed by atoms with Crippen molar-refractivity contribution in [3.63, 3.8) is 0 Å². The van der Waals surface area contributed by atoms with Gasteiger partial charge in [0.15, 0.2) is 11.0 Å². The maximum atomic E-state index is 14.4. The molecule has 5 nitrogen and oxygen atoms in total. The number of hydrogen-bond acceptors (Lipinski definition) is 4. The molecule has 29 heavy (non-hydrogen) atoms. The van der Waals surface area contributed by atoms with Crippen LogP contribution in [0.25, 0.3) is 17.1 Å². The lowest BCUT2D eigenvalue weighted by atomic mass is 10.2. The number of halogens is 1. The lowest BCUT2D eigenvalue weighted by molar-refractivity contribution is -0.127. The molecule has 0 aliphatic carbocycles. The van der Waals surface area contributed by atoms with E-state index in [1.54, 1.807) is 27.7 Å². The highest BCUT2D eigenvalue weighted by molar-refractivity contribution is 7.99. The van der Waals surface area contributed by atoms with Gasteiger partial charge in [-0.05, 0) is 38.1 Å². The molecule has 0 spiro atoms. The summed E-state index contributed by atoms with van der Waals surface area (Å²) in [6.07, 6.45) is 0. The molecular weight excluding hydrogens is 387 g/mol. The molecule has 0 aliphatic rings. The Hall–Kier alpha value is -2.93. The third-order valence-electron chi connectivity index (χ3n) is 4.28. The van der Waals surface area contributed by atoms with E-state index >= 15 is 0 Å². The second-order valence-electron chi connectivity index (χ2n) is 6.61. The van der Waals surface area contributed by atoms with Crippen LogP contribution < -0.4 is 0 Å². The maximum Gasteiger partial charge on any atom is 0.233 e. The molecule has 0 saturated carbocycles. The summed E-state index contributed by atoms with van der Waals surface area (Å²) in [5.41, 5.74) is 2.10. The standard InChI is InChI=1S/C22H23FN4OS/c1-4-26(14-16(2)3)20(28)15-29-22-25-24-21(18-12-8-9-13-19(18)23)27(22)17-10-6-5-7-11-17/h5-13H,2,4,14-15H2,1,3H3. The van der Waals surface area contributed by atoms with Crippen molar-refractivity contribution in [2.24, 2.45) is 0 Å². The van der Waals surface area contributed by atoms with Crippen molar-refractivity contribution in [1.29, 1.82) is 0 Å². The number of benzene rings is 2. The van der Waals surface area contributed by atoms with E-state index in [2.05, 4.69) is 16.8 Å². The summed E-state index contributed by atoms with van der Waals surface area (Å²) in [6.45, 7) is 8.86. The molecule has 3 rings (SSSR count). The predicted molar refractivity (Wildman–Crippen MR) is 115 cm³/mol. The van der Waals surface area contributed by atoms with Crippen molar-refractivity contribution in [3.8, 4) is 17.1 Å². The number of thioether (sulfide) groups is 1. The van der Waals surface area contributed by atoms with Gasteiger partial charge in [0.25, 0.3) is 0 Å². The molecule has 2 aromatic carbocycles. The van der Waals surface area contributed by atoms with Crippen LogP contribution in [-0.4, -0.2) is 44.4 Å². The fourth-order valence-electron chi connectivity index (χ4n) is 2.91. The van der Waals surface area contributed by atoms with E-state index in [4.69, 9.17) is 0 Å². The molecule has 1 heterocycles. The minimum Gasteiger partial charge on any atom is -0.338 e. The molecule has 0 unspecified atom stereocenters. The normalized spacial score (nSPS) is 10.7. The van der Waals surface area contributed by atoms with Crippen molar-refractivity contribution in [3.05, 3.63) is 72.6 Å². The molecule has 0 aliphatic heterocycles. The first-order chi connectivity index (χ1) is 14.0. The molecule has 1 amide bonds. The number of para-hydroxylation sites is 1. The highest BCUT2D eigenvalue weighted by Gasteiger charge is 2.20. The number of nitrogens with zero attached hydrogens (tertiary/aromatic N) is 4. The number of amides is 1. The summed E-state index contributed by atoms with van der Waals surface area (Å²) in [5, 5.41) is 9.01. The Morgan fingerprint density at radius 3 is 2.48 bits per heavy atom. The van der Waals surface area contributed by atoms with Gasteiger partial charge < -0.3 is 4.90 Å². The number of carbonyl (C=O) groups excluding carboxylic acids is 1. The monoisotopic (exact) mass is 410 g/mol. The van der Waals surface area contributed by atoms with Gasteiger partial charge in [-0.3, -0.25) is 9.36 Å². The molecule has 150 valence electrons. The Balaban J connectivity index is 1.93. The second-order valence-corrected chi connectivity index (χ2v) is 7.55. The van der Waals surface area contributed by atoms with Gasteiger partial charge in [0, 0.05) is 18.8 Å².